The number of benzene rings is 1. The number of nitrogens with zero attached hydrogens (tertiary/aromatic N) is 3. The molecule has 3 rings (SSSR count). The third-order valence-corrected chi connectivity index (χ3v) is 5.03. The summed E-state index contributed by atoms with van der Waals surface area (Å²) in [6, 6.07) is 15.3. The standard InChI is InChI=1S/C16H13N5OS2/c17-9-13-14(18)21(20-15(22)12-7-4-8-23-12)16(24-13)19-10-11-5-2-1-3-6-11/h1-8H,10,18H2,(H,20,22). The molecule has 0 aliphatic rings. The lowest BCUT2D eigenvalue weighted by molar-refractivity contribution is 0.101. The first-order valence-electron chi connectivity index (χ1n) is 6.99. The molecule has 0 aliphatic heterocycles. The molecular formula is C16H13N5OS2. The van der Waals surface area contributed by atoms with Gasteiger partial charge in [0.15, 0.2) is 10.7 Å². The van der Waals surface area contributed by atoms with E-state index in [-0.39, 0.29) is 11.7 Å². The SMILES string of the molecule is N#Cc1sc(=NCc2ccccc2)n(NC(=O)c2cccs2)c1N. The van der Waals surface area contributed by atoms with Gasteiger partial charge in [0.25, 0.3) is 5.91 Å². The molecular weight excluding hydrogens is 342 g/mol. The van der Waals surface area contributed by atoms with Crippen LogP contribution in [0.2, 0.25) is 0 Å². The van der Waals surface area contributed by atoms with E-state index in [4.69, 9.17) is 5.73 Å². The number of nitrogen functional groups attached to an aromatic ring is 1. The van der Waals surface area contributed by atoms with E-state index < -0.39 is 0 Å². The fourth-order valence-electron chi connectivity index (χ4n) is 1.99. The van der Waals surface area contributed by atoms with Crippen LogP contribution in [0.3, 0.4) is 0 Å². The topological polar surface area (TPSA) is 96.2 Å². The predicted molar refractivity (Wildman–Crippen MR) is 95.2 cm³/mol. The number of carbonyl (C=O) groups excluding carboxylic acids is 1. The molecule has 0 saturated carbocycles. The minimum Gasteiger partial charge on any atom is -0.382 e. The largest absolute Gasteiger partial charge is 0.382 e. The second-order valence-corrected chi connectivity index (χ2v) is 6.69. The Morgan fingerprint density at radius 1 is 1.29 bits per heavy atom. The van der Waals surface area contributed by atoms with E-state index in [1.54, 1.807) is 12.1 Å². The minimum atomic E-state index is -0.292. The van der Waals surface area contributed by atoms with Crippen molar-refractivity contribution in [2.45, 2.75) is 6.54 Å². The minimum absolute atomic E-state index is 0.180. The summed E-state index contributed by atoms with van der Waals surface area (Å²) in [6.07, 6.45) is 0. The van der Waals surface area contributed by atoms with Crippen molar-refractivity contribution in [2.24, 2.45) is 4.99 Å². The quantitative estimate of drug-likeness (QED) is 0.753. The van der Waals surface area contributed by atoms with Crippen molar-refractivity contribution in [1.82, 2.24) is 4.68 Å². The summed E-state index contributed by atoms with van der Waals surface area (Å²) in [7, 11) is 0. The van der Waals surface area contributed by atoms with Gasteiger partial charge in [0.05, 0.1) is 11.4 Å². The molecule has 24 heavy (non-hydrogen) atoms. The van der Waals surface area contributed by atoms with Crippen molar-refractivity contribution in [2.75, 3.05) is 11.2 Å². The fraction of sp³-hybridized carbons (Fsp3) is 0.0625. The first kappa shape index (κ1) is 16.0. The molecule has 6 nitrogen and oxygen atoms in total. The molecule has 0 unspecified atom stereocenters. The Kier molecular flexibility index (Phi) is 4.74. The Morgan fingerprint density at radius 2 is 2.08 bits per heavy atom. The smallest absolute Gasteiger partial charge is 0.280 e. The Morgan fingerprint density at radius 3 is 2.75 bits per heavy atom. The number of thiophene rings is 1. The monoisotopic (exact) mass is 355 g/mol. The van der Waals surface area contributed by atoms with Crippen LogP contribution in [0.15, 0.2) is 52.8 Å². The third kappa shape index (κ3) is 3.37. The van der Waals surface area contributed by atoms with Gasteiger partial charge in [-0.25, -0.2) is 4.68 Å². The summed E-state index contributed by atoms with van der Waals surface area (Å²) in [6.45, 7) is 0.431. The highest BCUT2D eigenvalue weighted by atomic mass is 32.1. The highest BCUT2D eigenvalue weighted by molar-refractivity contribution is 7.12. The average molecular weight is 355 g/mol. The second-order valence-electron chi connectivity index (χ2n) is 4.77. The Labute approximate surface area is 146 Å². The molecule has 3 N–H and O–H groups in total. The zero-order valence-electron chi connectivity index (χ0n) is 12.5. The number of carbonyl (C=O) groups is 1. The van der Waals surface area contributed by atoms with Crippen molar-refractivity contribution < 1.29 is 4.79 Å². The highest BCUT2D eigenvalue weighted by Gasteiger charge is 2.14. The number of nitrogens with two attached hydrogens (primary N) is 1. The van der Waals surface area contributed by atoms with Crippen LogP contribution in [-0.2, 0) is 6.54 Å². The molecule has 2 heterocycles. The molecule has 1 aromatic carbocycles. The first-order chi connectivity index (χ1) is 11.7. The fourth-order valence-corrected chi connectivity index (χ4v) is 3.39. The molecule has 1 amide bonds. The van der Waals surface area contributed by atoms with Crippen molar-refractivity contribution in [3.8, 4) is 6.07 Å². The van der Waals surface area contributed by atoms with Crippen molar-refractivity contribution in [3.05, 3.63) is 68.0 Å². The van der Waals surface area contributed by atoms with Gasteiger partial charge in [-0.3, -0.25) is 15.2 Å². The van der Waals surface area contributed by atoms with Crippen molar-refractivity contribution >= 4 is 34.4 Å². The van der Waals surface area contributed by atoms with Gasteiger partial charge in [0.1, 0.15) is 6.07 Å². The van der Waals surface area contributed by atoms with Crippen LogP contribution in [-0.4, -0.2) is 10.6 Å². The zero-order valence-corrected chi connectivity index (χ0v) is 14.1. The van der Waals surface area contributed by atoms with Gasteiger partial charge < -0.3 is 5.73 Å². The number of nitriles is 1. The summed E-state index contributed by atoms with van der Waals surface area (Å²) >= 11 is 2.47. The molecule has 0 spiro atoms. The van der Waals surface area contributed by atoms with E-state index in [1.807, 2.05) is 41.8 Å². The second kappa shape index (κ2) is 7.12. The van der Waals surface area contributed by atoms with Crippen LogP contribution in [0.25, 0.3) is 0 Å². The van der Waals surface area contributed by atoms with E-state index in [0.717, 1.165) is 16.9 Å². The number of hydrogen-bond acceptors (Lipinski definition) is 6. The maximum atomic E-state index is 12.3. The van der Waals surface area contributed by atoms with E-state index in [2.05, 4.69) is 10.4 Å². The molecule has 3 aromatic rings. The van der Waals surface area contributed by atoms with Crippen molar-refractivity contribution in [1.29, 1.82) is 5.26 Å². The first-order valence-corrected chi connectivity index (χ1v) is 8.69. The summed E-state index contributed by atoms with van der Waals surface area (Å²) in [5.74, 6) is -0.112. The van der Waals surface area contributed by atoms with Crippen LogP contribution in [0.5, 0.6) is 0 Å². The molecule has 0 bridgehead atoms. The van der Waals surface area contributed by atoms with Gasteiger partial charge in [-0.1, -0.05) is 47.7 Å². The van der Waals surface area contributed by atoms with E-state index >= 15 is 0 Å². The molecule has 0 radical (unpaired) electrons. The molecule has 0 fully saturated rings. The summed E-state index contributed by atoms with van der Waals surface area (Å²) < 4.78 is 1.37. The Balaban J connectivity index is 1.94. The number of aromatic nitrogens is 1. The Hall–Kier alpha value is -2.89. The van der Waals surface area contributed by atoms with Crippen LogP contribution in [0, 0.1) is 11.3 Å². The van der Waals surface area contributed by atoms with E-state index in [0.29, 0.717) is 21.1 Å². The molecule has 8 heteroatoms. The number of nitrogens with one attached hydrogen (secondary N) is 1. The molecule has 0 atom stereocenters. The summed E-state index contributed by atoms with van der Waals surface area (Å²) in [4.78, 5) is 18.1. The van der Waals surface area contributed by atoms with Crippen molar-refractivity contribution in [3.63, 3.8) is 0 Å². The summed E-state index contributed by atoms with van der Waals surface area (Å²) in [5.41, 5.74) is 9.69. The van der Waals surface area contributed by atoms with Gasteiger partial charge in [-0.15, -0.1) is 11.3 Å². The lowest BCUT2D eigenvalue weighted by Gasteiger charge is -2.06. The van der Waals surface area contributed by atoms with E-state index in [1.165, 1.54) is 16.0 Å². The van der Waals surface area contributed by atoms with Gasteiger partial charge in [-0.2, -0.15) is 5.26 Å². The number of amides is 1. The van der Waals surface area contributed by atoms with Gasteiger partial charge in [-0.05, 0) is 17.0 Å². The van der Waals surface area contributed by atoms with Crippen LogP contribution in [0.4, 0.5) is 5.82 Å². The van der Waals surface area contributed by atoms with Crippen LogP contribution >= 0.6 is 22.7 Å². The molecule has 2 aromatic heterocycles. The molecule has 0 saturated heterocycles. The maximum Gasteiger partial charge on any atom is 0.280 e. The van der Waals surface area contributed by atoms with Crippen LogP contribution in [0.1, 0.15) is 20.1 Å². The van der Waals surface area contributed by atoms with Gasteiger partial charge >= 0.3 is 0 Å². The maximum absolute atomic E-state index is 12.3. The van der Waals surface area contributed by atoms with Gasteiger partial charge in [0.2, 0.25) is 4.80 Å². The van der Waals surface area contributed by atoms with Gasteiger partial charge in [0, 0.05) is 0 Å². The third-order valence-electron chi connectivity index (χ3n) is 3.16. The highest BCUT2D eigenvalue weighted by Crippen LogP contribution is 2.14. The normalized spacial score (nSPS) is 11.2. The lowest BCUT2D eigenvalue weighted by atomic mass is 10.2. The van der Waals surface area contributed by atoms with Crippen LogP contribution < -0.4 is 16.0 Å². The summed E-state index contributed by atoms with van der Waals surface area (Å²) in [5, 5.41) is 11.0. The Bertz CT molecular complexity index is 949. The number of anilines is 1. The predicted octanol–water partition coefficient (Wildman–Crippen LogP) is 2.55. The number of thiazole rings is 1. The van der Waals surface area contributed by atoms with E-state index in [9.17, 15) is 10.1 Å². The average Bonchev–Trinajstić information content (AvgIpc) is 3.24. The zero-order chi connectivity index (χ0) is 16.9. The number of hydrogen-bond donors (Lipinski definition) is 2. The number of rotatable bonds is 4. The molecule has 120 valence electrons. The lowest BCUT2D eigenvalue weighted by Crippen LogP contribution is -2.31. The molecule has 0 aliphatic carbocycles.